The van der Waals surface area contributed by atoms with Crippen molar-refractivity contribution in [2.45, 2.75) is 31.8 Å². The molecule has 3 atom stereocenters. The van der Waals surface area contributed by atoms with Crippen LogP contribution in [-0.2, 0) is 4.79 Å². The molecule has 0 aliphatic carbocycles. The number of rotatable bonds is 8. The number of aromatic nitrogens is 1. The third kappa shape index (κ3) is 6.62. The summed E-state index contributed by atoms with van der Waals surface area (Å²) in [7, 11) is 1.59. The number of aliphatic hydroxyl groups is 1. The Morgan fingerprint density at radius 3 is 2.73 bits per heavy atom. The summed E-state index contributed by atoms with van der Waals surface area (Å²) in [6, 6.07) is 11.0. The minimum Gasteiger partial charge on any atom is -0.497 e. The van der Waals surface area contributed by atoms with Gasteiger partial charge in [-0.1, -0.05) is 17.9 Å². The van der Waals surface area contributed by atoms with Gasteiger partial charge in [0.15, 0.2) is 0 Å². The molecule has 2 aromatic carbocycles. The summed E-state index contributed by atoms with van der Waals surface area (Å²) in [6.45, 7) is 1.52. The van der Waals surface area contributed by atoms with Gasteiger partial charge in [0.05, 0.1) is 30.8 Å². The number of carboxylic acid groups (broad SMARTS) is 1. The fourth-order valence-electron chi connectivity index (χ4n) is 5.08. The van der Waals surface area contributed by atoms with Crippen LogP contribution in [-0.4, -0.2) is 52.8 Å². The maximum absolute atomic E-state index is 13.8. The number of nitrogens with zero attached hydrogens (tertiary/aromatic N) is 2. The van der Waals surface area contributed by atoms with Gasteiger partial charge >= 0.3 is 5.97 Å². The van der Waals surface area contributed by atoms with Crippen molar-refractivity contribution in [3.63, 3.8) is 0 Å². The first kappa shape index (κ1) is 26.5. The Balaban J connectivity index is 1.40. The minimum absolute atomic E-state index is 0.0159. The molecule has 3 aromatic rings. The standard InChI is InChI=1S/C29H30F2N2O4/c1-37-21-8-9-27-24(17-21)22(11-13-32-27)28(34)10-7-19-12-15-33(18-20(19)16-29(35)36)14-3-4-23-25(30)5-2-6-26(23)31/h2,5-6,8-9,11,13,17,19-20,28,34H,7,10,12,14-16,18H2,1H3,(H,35,36)/t19-,20+,28+/m1/s1. The van der Waals surface area contributed by atoms with E-state index >= 15 is 0 Å². The molecule has 1 aliphatic rings. The molecule has 8 heteroatoms. The topological polar surface area (TPSA) is 82.9 Å². The summed E-state index contributed by atoms with van der Waals surface area (Å²) in [6.07, 6.45) is 2.89. The smallest absolute Gasteiger partial charge is 0.303 e. The second-order valence-corrected chi connectivity index (χ2v) is 9.42. The van der Waals surface area contributed by atoms with Crippen LogP contribution < -0.4 is 4.74 Å². The van der Waals surface area contributed by atoms with E-state index in [0.29, 0.717) is 38.2 Å². The minimum atomic E-state index is -0.871. The molecule has 194 valence electrons. The predicted octanol–water partition coefficient (Wildman–Crippen LogP) is 4.80. The number of halogens is 2. The Hall–Kier alpha value is -3.54. The number of likely N-dealkylation sites (tertiary alicyclic amines) is 1. The Bertz CT molecular complexity index is 1300. The van der Waals surface area contributed by atoms with Crippen LogP contribution in [0.25, 0.3) is 10.9 Å². The van der Waals surface area contributed by atoms with E-state index in [2.05, 4.69) is 16.8 Å². The molecule has 1 fully saturated rings. The molecule has 1 aromatic heterocycles. The molecule has 4 rings (SSSR count). The van der Waals surface area contributed by atoms with Gasteiger partial charge in [-0.25, -0.2) is 8.78 Å². The van der Waals surface area contributed by atoms with Gasteiger partial charge < -0.3 is 14.9 Å². The van der Waals surface area contributed by atoms with Gasteiger partial charge in [-0.2, -0.15) is 0 Å². The Morgan fingerprint density at radius 2 is 2.00 bits per heavy atom. The van der Waals surface area contributed by atoms with Crippen LogP contribution >= 0.6 is 0 Å². The number of methoxy groups -OCH3 is 1. The van der Waals surface area contributed by atoms with E-state index in [-0.39, 0.29) is 23.8 Å². The normalized spacial score (nSPS) is 18.7. The largest absolute Gasteiger partial charge is 0.497 e. The second kappa shape index (κ2) is 12.1. The molecule has 0 saturated carbocycles. The quantitative estimate of drug-likeness (QED) is 0.426. The summed E-state index contributed by atoms with van der Waals surface area (Å²) in [5.74, 6) is 3.83. The third-order valence-corrected chi connectivity index (χ3v) is 7.04. The van der Waals surface area contributed by atoms with Crippen LogP contribution in [0.15, 0.2) is 48.7 Å². The highest BCUT2D eigenvalue weighted by molar-refractivity contribution is 5.83. The van der Waals surface area contributed by atoms with E-state index in [9.17, 15) is 23.8 Å². The van der Waals surface area contributed by atoms with Gasteiger partial charge in [-0.05, 0) is 79.6 Å². The molecular formula is C29H30F2N2O4. The first-order valence-corrected chi connectivity index (χ1v) is 12.3. The van der Waals surface area contributed by atoms with Crippen LogP contribution in [0.2, 0.25) is 0 Å². The summed E-state index contributed by atoms with van der Waals surface area (Å²) >= 11 is 0. The SMILES string of the molecule is COc1ccc2nccc([C@@H](O)CC[C@@H]3CCN(CC#Cc4c(F)cccc4F)C[C@@H]3CC(=O)O)c2c1. The van der Waals surface area contributed by atoms with Crippen molar-refractivity contribution < 1.29 is 28.5 Å². The molecule has 2 N–H and O–H groups in total. The van der Waals surface area contributed by atoms with Gasteiger partial charge in [0.1, 0.15) is 17.4 Å². The second-order valence-electron chi connectivity index (χ2n) is 9.42. The fourth-order valence-corrected chi connectivity index (χ4v) is 5.08. The predicted molar refractivity (Wildman–Crippen MR) is 136 cm³/mol. The number of pyridine rings is 1. The highest BCUT2D eigenvalue weighted by atomic mass is 19.1. The van der Waals surface area contributed by atoms with E-state index in [1.165, 1.54) is 18.2 Å². The van der Waals surface area contributed by atoms with Gasteiger partial charge in [-0.15, -0.1) is 0 Å². The lowest BCUT2D eigenvalue weighted by Crippen LogP contribution is -2.41. The van der Waals surface area contributed by atoms with Gasteiger partial charge in [0, 0.05) is 24.5 Å². The molecule has 2 heterocycles. The number of carboxylic acids is 1. The van der Waals surface area contributed by atoms with E-state index in [0.717, 1.165) is 22.9 Å². The van der Waals surface area contributed by atoms with Crippen molar-refractivity contribution in [2.24, 2.45) is 11.8 Å². The monoisotopic (exact) mass is 508 g/mol. The number of hydrogen-bond acceptors (Lipinski definition) is 5. The van der Waals surface area contributed by atoms with Gasteiger partial charge in [-0.3, -0.25) is 14.7 Å². The van der Waals surface area contributed by atoms with Crippen molar-refractivity contribution in [3.05, 3.63) is 71.4 Å². The molecular weight excluding hydrogens is 478 g/mol. The van der Waals surface area contributed by atoms with Crippen LogP contribution in [0.1, 0.15) is 42.9 Å². The number of piperidine rings is 1. The van der Waals surface area contributed by atoms with Crippen LogP contribution in [0.4, 0.5) is 8.78 Å². The zero-order chi connectivity index (χ0) is 26.4. The van der Waals surface area contributed by atoms with Crippen molar-refractivity contribution in [3.8, 4) is 17.6 Å². The number of fused-ring (bicyclic) bond motifs is 1. The number of ether oxygens (including phenoxy) is 1. The number of aliphatic carboxylic acids is 1. The number of carbonyl (C=O) groups is 1. The lowest BCUT2D eigenvalue weighted by Gasteiger charge is -2.37. The molecule has 0 spiro atoms. The molecule has 37 heavy (non-hydrogen) atoms. The average molecular weight is 509 g/mol. The van der Waals surface area contributed by atoms with Gasteiger partial charge in [0.25, 0.3) is 0 Å². The molecule has 1 saturated heterocycles. The third-order valence-electron chi connectivity index (χ3n) is 7.04. The lowest BCUT2D eigenvalue weighted by molar-refractivity contribution is -0.139. The maximum atomic E-state index is 13.8. The van der Waals surface area contributed by atoms with Crippen molar-refractivity contribution in [2.75, 3.05) is 26.7 Å². The van der Waals surface area contributed by atoms with Crippen molar-refractivity contribution in [1.82, 2.24) is 9.88 Å². The first-order chi connectivity index (χ1) is 17.9. The van der Waals surface area contributed by atoms with E-state index in [4.69, 9.17) is 4.74 Å². The zero-order valence-corrected chi connectivity index (χ0v) is 20.7. The number of hydrogen-bond donors (Lipinski definition) is 2. The molecule has 0 unspecified atom stereocenters. The molecule has 0 amide bonds. The molecule has 0 radical (unpaired) electrons. The van der Waals surface area contributed by atoms with E-state index in [1.54, 1.807) is 19.4 Å². The number of benzene rings is 2. The first-order valence-electron chi connectivity index (χ1n) is 12.3. The Kier molecular flexibility index (Phi) is 8.70. The summed E-state index contributed by atoms with van der Waals surface area (Å²) in [5, 5.41) is 21.3. The highest BCUT2D eigenvalue weighted by Gasteiger charge is 2.31. The summed E-state index contributed by atoms with van der Waals surface area (Å²) in [5.41, 5.74) is 1.28. The van der Waals surface area contributed by atoms with Gasteiger partial charge in [0.2, 0.25) is 0 Å². The van der Waals surface area contributed by atoms with E-state index in [1.807, 2.05) is 23.1 Å². The summed E-state index contributed by atoms with van der Waals surface area (Å²) < 4.78 is 33.0. The average Bonchev–Trinajstić information content (AvgIpc) is 2.88. The van der Waals surface area contributed by atoms with Crippen LogP contribution in [0, 0.1) is 35.3 Å². The van der Waals surface area contributed by atoms with Crippen LogP contribution in [0.3, 0.4) is 0 Å². The molecule has 6 nitrogen and oxygen atoms in total. The Morgan fingerprint density at radius 1 is 1.22 bits per heavy atom. The van der Waals surface area contributed by atoms with Crippen molar-refractivity contribution >= 4 is 16.9 Å². The van der Waals surface area contributed by atoms with Crippen molar-refractivity contribution in [1.29, 1.82) is 0 Å². The molecule has 1 aliphatic heterocycles. The number of aliphatic hydroxyl groups excluding tert-OH is 1. The highest BCUT2D eigenvalue weighted by Crippen LogP contribution is 2.34. The maximum Gasteiger partial charge on any atom is 0.303 e. The van der Waals surface area contributed by atoms with E-state index < -0.39 is 23.7 Å². The lowest BCUT2D eigenvalue weighted by atomic mass is 9.79. The Labute approximate surface area is 214 Å². The molecule has 0 bridgehead atoms. The zero-order valence-electron chi connectivity index (χ0n) is 20.7. The fraction of sp³-hybridized carbons (Fsp3) is 0.379. The van der Waals surface area contributed by atoms with Crippen LogP contribution in [0.5, 0.6) is 5.75 Å². The summed E-state index contributed by atoms with van der Waals surface area (Å²) in [4.78, 5) is 18.0.